The molecule has 2 aliphatic rings. The maximum absolute atomic E-state index is 9.97. The number of hydrogen-bond donors (Lipinski definition) is 1. The second kappa shape index (κ2) is 7.89. The first-order valence-electron chi connectivity index (χ1n) is 9.66. The zero-order valence-corrected chi connectivity index (χ0v) is 16.4. The summed E-state index contributed by atoms with van der Waals surface area (Å²) in [5.41, 5.74) is 7.42. The fourth-order valence-corrected chi connectivity index (χ4v) is 4.57. The van der Waals surface area contributed by atoms with Crippen molar-refractivity contribution in [1.82, 2.24) is 4.90 Å². The maximum atomic E-state index is 9.97. The Morgan fingerprint density at radius 3 is 2.43 bits per heavy atom. The molecule has 1 aliphatic heterocycles. The van der Waals surface area contributed by atoms with Gasteiger partial charge in [-0.1, -0.05) is 50.3 Å². The summed E-state index contributed by atoms with van der Waals surface area (Å²) >= 11 is 0. The summed E-state index contributed by atoms with van der Waals surface area (Å²) < 4.78 is 0. The molecule has 2 atom stereocenters. The van der Waals surface area contributed by atoms with E-state index >= 15 is 0 Å². The largest absolute Gasteiger partial charge is 0.399 e. The molecule has 0 unspecified atom stereocenters. The molecule has 142 valence electrons. The predicted octanol–water partition coefficient (Wildman–Crippen LogP) is 3.49. The number of hydrogen-bond acceptors (Lipinski definition) is 5. The minimum absolute atomic E-state index is 0.0545. The second-order valence-electron chi connectivity index (χ2n) is 8.11. The summed E-state index contributed by atoms with van der Waals surface area (Å²) in [5.74, 6) is 0.0267. The van der Waals surface area contributed by atoms with Gasteiger partial charge in [-0.25, -0.2) is 0 Å². The summed E-state index contributed by atoms with van der Waals surface area (Å²) in [6, 6.07) is 16.8. The molecule has 0 saturated heterocycles. The van der Waals surface area contributed by atoms with Crippen LogP contribution in [0.1, 0.15) is 25.8 Å². The first-order chi connectivity index (χ1) is 13.5. The summed E-state index contributed by atoms with van der Waals surface area (Å²) in [6.07, 6.45) is 2.77. The molecule has 0 bridgehead atoms. The Kier molecular flexibility index (Phi) is 5.55. The molecular weight excluding hydrogens is 346 g/mol. The minimum Gasteiger partial charge on any atom is -0.399 e. The predicted molar refractivity (Wildman–Crippen MR) is 107 cm³/mol. The molecule has 1 heterocycles. The van der Waals surface area contributed by atoms with Crippen molar-refractivity contribution in [3.05, 3.63) is 58.8 Å². The highest BCUT2D eigenvalue weighted by atomic mass is 15.1. The lowest BCUT2D eigenvalue weighted by Gasteiger charge is -2.46. The van der Waals surface area contributed by atoms with Crippen LogP contribution in [0.25, 0.3) is 0 Å². The van der Waals surface area contributed by atoms with Gasteiger partial charge in [-0.2, -0.15) is 15.8 Å². The van der Waals surface area contributed by atoms with Crippen LogP contribution >= 0.6 is 0 Å². The summed E-state index contributed by atoms with van der Waals surface area (Å²) in [5, 5.41) is 29.7. The second-order valence-corrected chi connectivity index (χ2v) is 8.11. The number of nitriles is 3. The third kappa shape index (κ3) is 3.29. The number of rotatable bonds is 4. The average molecular weight is 371 g/mol. The van der Waals surface area contributed by atoms with Gasteiger partial charge in [-0.3, -0.25) is 4.90 Å². The molecule has 0 saturated carbocycles. The van der Waals surface area contributed by atoms with Crippen LogP contribution in [0.5, 0.6) is 0 Å². The van der Waals surface area contributed by atoms with E-state index < -0.39 is 5.41 Å². The number of nitrogens with two attached hydrogens (primary N) is 1. The topological polar surface area (TPSA) is 101 Å². The molecule has 0 radical (unpaired) electrons. The number of benzene rings is 1. The molecule has 2 N–H and O–H groups in total. The van der Waals surface area contributed by atoms with Gasteiger partial charge in [0.2, 0.25) is 0 Å². The number of fused-ring (bicyclic) bond motifs is 1. The fraction of sp³-hybridized carbons (Fsp3) is 0.435. The van der Waals surface area contributed by atoms with Crippen LogP contribution < -0.4 is 5.73 Å². The van der Waals surface area contributed by atoms with E-state index in [4.69, 9.17) is 5.73 Å². The van der Waals surface area contributed by atoms with Crippen LogP contribution in [0.4, 0.5) is 0 Å². The van der Waals surface area contributed by atoms with Gasteiger partial charge in [0.1, 0.15) is 6.07 Å². The van der Waals surface area contributed by atoms with E-state index in [-0.39, 0.29) is 17.5 Å². The van der Waals surface area contributed by atoms with Crippen molar-refractivity contribution < 1.29 is 0 Å². The SMILES string of the molecule is CC(C)C[C@@H]1[C@@H]2CN(Cc3ccccc3)CC=C2C(C#N)=C(N)C1(C#N)C#N. The Morgan fingerprint density at radius 1 is 1.18 bits per heavy atom. The Morgan fingerprint density at radius 2 is 1.86 bits per heavy atom. The van der Waals surface area contributed by atoms with E-state index in [0.717, 1.165) is 18.7 Å². The summed E-state index contributed by atoms with van der Waals surface area (Å²) in [4.78, 5) is 2.31. The number of nitrogens with zero attached hydrogens (tertiary/aromatic N) is 4. The molecular formula is C23H25N5. The van der Waals surface area contributed by atoms with Gasteiger partial charge in [-0.15, -0.1) is 0 Å². The lowest BCUT2D eigenvalue weighted by molar-refractivity contribution is 0.145. The first kappa shape index (κ1) is 19.7. The van der Waals surface area contributed by atoms with Crippen LogP contribution in [0.15, 0.2) is 53.3 Å². The van der Waals surface area contributed by atoms with Crippen molar-refractivity contribution in [2.24, 2.45) is 28.9 Å². The molecule has 0 spiro atoms. The van der Waals surface area contributed by atoms with Gasteiger partial charge in [0.25, 0.3) is 0 Å². The summed E-state index contributed by atoms with van der Waals surface area (Å²) in [6.45, 7) is 6.41. The molecule has 5 heteroatoms. The van der Waals surface area contributed by atoms with Crippen LogP contribution in [0.3, 0.4) is 0 Å². The van der Waals surface area contributed by atoms with Crippen molar-refractivity contribution >= 4 is 0 Å². The molecule has 3 rings (SSSR count). The lowest BCUT2D eigenvalue weighted by Crippen LogP contribution is -2.49. The highest BCUT2D eigenvalue weighted by Crippen LogP contribution is 2.51. The molecule has 1 aliphatic carbocycles. The van der Waals surface area contributed by atoms with Crippen molar-refractivity contribution in [3.8, 4) is 18.2 Å². The van der Waals surface area contributed by atoms with Crippen LogP contribution in [-0.4, -0.2) is 18.0 Å². The standard InChI is InChI=1S/C23H25N5/c1-16(2)10-21-20-13-28(12-17-6-4-3-5-7-17)9-8-18(20)19(11-24)22(27)23(21,14-25)15-26/h3-8,16,20-21H,9-10,12-13,27H2,1-2H3/t20-,21-/m1/s1. The van der Waals surface area contributed by atoms with E-state index in [0.29, 0.717) is 24.5 Å². The molecule has 0 aromatic heterocycles. The van der Waals surface area contributed by atoms with E-state index in [1.807, 2.05) is 18.2 Å². The van der Waals surface area contributed by atoms with E-state index in [9.17, 15) is 15.8 Å². The van der Waals surface area contributed by atoms with Crippen LogP contribution in [-0.2, 0) is 6.54 Å². The van der Waals surface area contributed by atoms with Gasteiger partial charge in [0.05, 0.1) is 23.4 Å². The lowest BCUT2D eigenvalue weighted by atomic mass is 9.58. The van der Waals surface area contributed by atoms with Gasteiger partial charge in [0.15, 0.2) is 5.41 Å². The fourth-order valence-electron chi connectivity index (χ4n) is 4.57. The summed E-state index contributed by atoms with van der Waals surface area (Å²) in [7, 11) is 0. The Labute approximate surface area is 167 Å². The third-order valence-corrected chi connectivity index (χ3v) is 5.89. The molecule has 1 aromatic rings. The van der Waals surface area contributed by atoms with Crippen LogP contribution in [0.2, 0.25) is 0 Å². The monoisotopic (exact) mass is 371 g/mol. The quantitative estimate of drug-likeness (QED) is 0.873. The van der Waals surface area contributed by atoms with Crippen LogP contribution in [0, 0.1) is 57.2 Å². The van der Waals surface area contributed by atoms with Gasteiger partial charge >= 0.3 is 0 Å². The molecule has 0 fully saturated rings. The minimum atomic E-state index is -1.45. The zero-order chi connectivity index (χ0) is 20.3. The Hall–Kier alpha value is -3.07. The van der Waals surface area contributed by atoms with Gasteiger partial charge in [0, 0.05) is 31.5 Å². The highest BCUT2D eigenvalue weighted by Gasteiger charge is 2.53. The van der Waals surface area contributed by atoms with E-state index in [1.165, 1.54) is 5.56 Å². The highest BCUT2D eigenvalue weighted by molar-refractivity contribution is 5.56. The van der Waals surface area contributed by atoms with Crippen molar-refractivity contribution in [2.75, 3.05) is 13.1 Å². The molecule has 5 nitrogen and oxygen atoms in total. The van der Waals surface area contributed by atoms with Gasteiger partial charge in [-0.05, 0) is 23.5 Å². The Balaban J connectivity index is 2.04. The normalized spacial score (nSPS) is 23.9. The maximum Gasteiger partial charge on any atom is 0.187 e. The van der Waals surface area contributed by atoms with Crippen molar-refractivity contribution in [3.63, 3.8) is 0 Å². The zero-order valence-electron chi connectivity index (χ0n) is 16.4. The first-order valence-corrected chi connectivity index (χ1v) is 9.66. The van der Waals surface area contributed by atoms with E-state index in [2.05, 4.69) is 55.2 Å². The molecule has 28 heavy (non-hydrogen) atoms. The van der Waals surface area contributed by atoms with E-state index in [1.54, 1.807) is 0 Å². The third-order valence-electron chi connectivity index (χ3n) is 5.89. The number of allylic oxidation sites excluding steroid dienone is 2. The Bertz CT molecular complexity index is 906. The molecule has 1 aromatic carbocycles. The average Bonchev–Trinajstić information content (AvgIpc) is 2.70. The van der Waals surface area contributed by atoms with Crippen molar-refractivity contribution in [1.29, 1.82) is 15.8 Å². The molecule has 0 amide bonds. The smallest absolute Gasteiger partial charge is 0.187 e. The van der Waals surface area contributed by atoms with Gasteiger partial charge < -0.3 is 5.73 Å². The van der Waals surface area contributed by atoms with Crippen molar-refractivity contribution in [2.45, 2.75) is 26.8 Å².